The maximum absolute atomic E-state index is 14.0. The molecule has 6 nitrogen and oxygen atoms in total. The molecule has 39 heavy (non-hydrogen) atoms. The zero-order valence-electron chi connectivity index (χ0n) is 22.9. The van der Waals surface area contributed by atoms with Crippen molar-refractivity contribution in [2.24, 2.45) is 0 Å². The van der Waals surface area contributed by atoms with Crippen molar-refractivity contribution < 1.29 is 9.53 Å². The van der Waals surface area contributed by atoms with Crippen LogP contribution in [0.3, 0.4) is 0 Å². The molecule has 0 radical (unpaired) electrons. The molecule has 1 unspecified atom stereocenters. The second kappa shape index (κ2) is 13.4. The highest BCUT2D eigenvalue weighted by Gasteiger charge is 2.29. The van der Waals surface area contributed by atoms with Crippen LogP contribution < -0.4 is 10.3 Å². The number of nitrogens with zero attached hydrogens (tertiary/aromatic N) is 3. The number of hydrogen-bond donors (Lipinski definition) is 0. The van der Waals surface area contributed by atoms with Gasteiger partial charge in [-0.1, -0.05) is 75.0 Å². The second-order valence-electron chi connectivity index (χ2n) is 9.73. The normalized spacial score (nSPS) is 11.9. The Morgan fingerprint density at radius 2 is 1.74 bits per heavy atom. The molecule has 0 fully saturated rings. The molecule has 1 heterocycles. The number of rotatable bonds is 12. The summed E-state index contributed by atoms with van der Waals surface area (Å²) in [5.41, 5.74) is 2.00. The van der Waals surface area contributed by atoms with Gasteiger partial charge in [0.15, 0.2) is 6.61 Å². The first-order valence-electron chi connectivity index (χ1n) is 13.7. The monoisotopic (exact) mass is 545 g/mol. The zero-order valence-corrected chi connectivity index (χ0v) is 23.7. The average Bonchev–Trinajstić information content (AvgIpc) is 2.95. The number of carbonyl (C=O) groups excluding carboxylic acids is 1. The smallest absolute Gasteiger partial charge is 0.266 e. The molecule has 1 amide bonds. The van der Waals surface area contributed by atoms with Gasteiger partial charge in [-0.05, 0) is 67.8 Å². The van der Waals surface area contributed by atoms with Crippen molar-refractivity contribution in [1.29, 1.82) is 0 Å². The Labute approximate surface area is 235 Å². The summed E-state index contributed by atoms with van der Waals surface area (Å²) >= 11 is 6.26. The zero-order chi connectivity index (χ0) is 27.8. The molecule has 4 aromatic rings. The van der Waals surface area contributed by atoms with Gasteiger partial charge in [0.05, 0.1) is 22.6 Å². The van der Waals surface area contributed by atoms with Crippen LogP contribution in [-0.4, -0.2) is 33.5 Å². The van der Waals surface area contributed by atoms with E-state index in [0.29, 0.717) is 46.2 Å². The molecular weight excluding hydrogens is 510 g/mol. The van der Waals surface area contributed by atoms with Gasteiger partial charge in [0.1, 0.15) is 11.6 Å². The molecule has 0 aliphatic heterocycles. The lowest BCUT2D eigenvalue weighted by Gasteiger charge is -2.32. The Bertz CT molecular complexity index is 1470. The highest BCUT2D eigenvalue weighted by molar-refractivity contribution is 6.30. The third-order valence-electron chi connectivity index (χ3n) is 6.94. The van der Waals surface area contributed by atoms with Crippen molar-refractivity contribution in [3.63, 3.8) is 0 Å². The third-order valence-corrected chi connectivity index (χ3v) is 7.18. The number of para-hydroxylation sites is 2. The number of halogens is 1. The van der Waals surface area contributed by atoms with Crippen LogP contribution in [0.25, 0.3) is 16.6 Å². The number of ether oxygens (including phenoxy) is 1. The molecule has 204 valence electrons. The fourth-order valence-corrected chi connectivity index (χ4v) is 5.15. The number of unbranched alkanes of at least 4 members (excludes halogenated alkanes) is 3. The van der Waals surface area contributed by atoms with Crippen LogP contribution in [0.1, 0.15) is 63.4 Å². The number of carbonyl (C=O) groups is 1. The molecule has 0 saturated carbocycles. The summed E-state index contributed by atoms with van der Waals surface area (Å²) in [6.45, 7) is 6.58. The van der Waals surface area contributed by atoms with Crippen molar-refractivity contribution in [2.45, 2.75) is 58.9 Å². The quantitative estimate of drug-likeness (QED) is 0.175. The molecule has 1 aromatic heterocycles. The Balaban J connectivity index is 1.81. The predicted molar refractivity (Wildman–Crippen MR) is 158 cm³/mol. The average molecular weight is 546 g/mol. The molecule has 4 rings (SSSR count). The highest BCUT2D eigenvalue weighted by Crippen LogP contribution is 2.28. The number of benzene rings is 3. The summed E-state index contributed by atoms with van der Waals surface area (Å²) in [5.74, 6) is 1.04. The standard InChI is InChI=1S/C32H36ClN3O3/c1-4-6-7-13-20-35(30(37)22-39-25-14-9-8-10-15-25)28(5-2)31-34-27-17-12-11-16-26(27)32(38)36(31)29-19-18-24(33)21-23(29)3/h8-12,14-19,21,28H,4-7,13,20,22H2,1-3H3. The minimum Gasteiger partial charge on any atom is -0.484 e. The van der Waals surface area contributed by atoms with Gasteiger partial charge in [-0.25, -0.2) is 4.98 Å². The fourth-order valence-electron chi connectivity index (χ4n) is 4.93. The van der Waals surface area contributed by atoms with Crippen LogP contribution in [0.5, 0.6) is 5.75 Å². The molecule has 0 aliphatic carbocycles. The minimum absolute atomic E-state index is 0.0912. The van der Waals surface area contributed by atoms with Gasteiger partial charge in [-0.2, -0.15) is 0 Å². The molecule has 1 atom stereocenters. The van der Waals surface area contributed by atoms with Crippen molar-refractivity contribution in [2.75, 3.05) is 13.2 Å². The number of fused-ring (bicyclic) bond motifs is 1. The summed E-state index contributed by atoms with van der Waals surface area (Å²) in [6.07, 6.45) is 4.66. The summed E-state index contributed by atoms with van der Waals surface area (Å²) in [5, 5.41) is 1.12. The number of amides is 1. The van der Waals surface area contributed by atoms with Crippen molar-refractivity contribution >= 4 is 28.4 Å². The van der Waals surface area contributed by atoms with E-state index in [9.17, 15) is 9.59 Å². The van der Waals surface area contributed by atoms with E-state index in [4.69, 9.17) is 21.3 Å². The van der Waals surface area contributed by atoms with Gasteiger partial charge >= 0.3 is 0 Å². The lowest BCUT2D eigenvalue weighted by Crippen LogP contribution is -2.41. The van der Waals surface area contributed by atoms with E-state index in [1.165, 1.54) is 0 Å². The lowest BCUT2D eigenvalue weighted by atomic mass is 10.1. The number of hydrogen-bond acceptors (Lipinski definition) is 4. The largest absolute Gasteiger partial charge is 0.484 e. The molecule has 7 heteroatoms. The van der Waals surface area contributed by atoms with Crippen LogP contribution in [0.2, 0.25) is 5.02 Å². The van der Waals surface area contributed by atoms with Crippen molar-refractivity contribution in [3.05, 3.63) is 99.6 Å². The number of aromatic nitrogens is 2. The first-order valence-corrected chi connectivity index (χ1v) is 14.1. The molecule has 3 aromatic carbocycles. The third kappa shape index (κ3) is 6.69. The van der Waals surface area contributed by atoms with E-state index in [-0.39, 0.29) is 18.1 Å². The highest BCUT2D eigenvalue weighted by atomic mass is 35.5. The van der Waals surface area contributed by atoms with E-state index in [0.717, 1.165) is 31.2 Å². The Kier molecular flexibility index (Phi) is 9.77. The topological polar surface area (TPSA) is 64.4 Å². The SMILES string of the molecule is CCCCCCN(C(=O)COc1ccccc1)C(CC)c1nc2ccccc2c(=O)n1-c1ccc(Cl)cc1C. The Hall–Kier alpha value is -3.64. The van der Waals surface area contributed by atoms with Gasteiger partial charge in [0.25, 0.3) is 11.5 Å². The Morgan fingerprint density at radius 3 is 2.46 bits per heavy atom. The van der Waals surface area contributed by atoms with Crippen LogP contribution in [-0.2, 0) is 4.79 Å². The van der Waals surface area contributed by atoms with Gasteiger partial charge in [-0.15, -0.1) is 0 Å². The molecule has 0 aliphatic rings. The van der Waals surface area contributed by atoms with E-state index in [2.05, 4.69) is 6.92 Å². The van der Waals surface area contributed by atoms with E-state index in [1.807, 2.05) is 79.4 Å². The number of aryl methyl sites for hydroxylation is 1. The van der Waals surface area contributed by atoms with Crippen LogP contribution >= 0.6 is 11.6 Å². The molecule has 0 spiro atoms. The van der Waals surface area contributed by atoms with Gasteiger partial charge in [0.2, 0.25) is 0 Å². The first kappa shape index (κ1) is 28.4. The minimum atomic E-state index is -0.425. The summed E-state index contributed by atoms with van der Waals surface area (Å²) < 4.78 is 7.51. The Morgan fingerprint density at radius 1 is 1.00 bits per heavy atom. The van der Waals surface area contributed by atoms with Crippen molar-refractivity contribution in [3.8, 4) is 11.4 Å². The summed E-state index contributed by atoms with van der Waals surface area (Å²) in [4.78, 5) is 34.6. The van der Waals surface area contributed by atoms with Crippen LogP contribution in [0, 0.1) is 6.92 Å². The van der Waals surface area contributed by atoms with E-state index in [1.54, 1.807) is 16.7 Å². The fraction of sp³-hybridized carbons (Fsp3) is 0.344. The molecule has 0 N–H and O–H groups in total. The maximum atomic E-state index is 14.0. The molecule has 0 saturated heterocycles. The van der Waals surface area contributed by atoms with Gasteiger partial charge in [-0.3, -0.25) is 14.2 Å². The van der Waals surface area contributed by atoms with Crippen LogP contribution in [0.4, 0.5) is 0 Å². The lowest BCUT2D eigenvalue weighted by molar-refractivity contribution is -0.136. The molecule has 0 bridgehead atoms. The summed E-state index contributed by atoms with van der Waals surface area (Å²) in [7, 11) is 0. The second-order valence-corrected chi connectivity index (χ2v) is 10.2. The summed E-state index contributed by atoms with van der Waals surface area (Å²) in [6, 6.07) is 21.7. The molecular formula is C32H36ClN3O3. The van der Waals surface area contributed by atoms with E-state index >= 15 is 0 Å². The van der Waals surface area contributed by atoms with Crippen LogP contribution in [0.15, 0.2) is 77.6 Å². The van der Waals surface area contributed by atoms with Crippen molar-refractivity contribution in [1.82, 2.24) is 14.5 Å². The first-order chi connectivity index (χ1) is 18.9. The maximum Gasteiger partial charge on any atom is 0.266 e. The van der Waals surface area contributed by atoms with Gasteiger partial charge in [0, 0.05) is 11.6 Å². The predicted octanol–water partition coefficient (Wildman–Crippen LogP) is 7.29. The van der Waals surface area contributed by atoms with E-state index < -0.39 is 6.04 Å². The van der Waals surface area contributed by atoms with Gasteiger partial charge < -0.3 is 9.64 Å².